The van der Waals surface area contributed by atoms with Crippen molar-refractivity contribution in [3.05, 3.63) is 71.3 Å². The Hall–Kier alpha value is -4.62. The van der Waals surface area contributed by atoms with Gasteiger partial charge in [0.2, 0.25) is 23.6 Å². The highest BCUT2D eigenvalue weighted by molar-refractivity contribution is 5.99. The molecular weight excluding hydrogens is 737 g/mol. The van der Waals surface area contributed by atoms with Gasteiger partial charge in [-0.1, -0.05) is 105 Å². The summed E-state index contributed by atoms with van der Waals surface area (Å²) in [6.07, 6.45) is 2.05. The quantitative estimate of drug-likeness (QED) is 0.0858. The fraction of sp³-hybridized carbons (Fsp3) is 0.600. The molecule has 0 aromatic heterocycles. The molecule has 322 valence electrons. The fourth-order valence-electron chi connectivity index (χ4n) is 6.45. The van der Waals surface area contributed by atoms with Crippen molar-refractivity contribution in [3.8, 4) is 0 Å². The van der Waals surface area contributed by atoms with Crippen molar-refractivity contribution in [2.24, 2.45) is 11.8 Å². The predicted molar refractivity (Wildman–Crippen MR) is 228 cm³/mol. The van der Waals surface area contributed by atoms with Crippen LogP contribution < -0.4 is 26.6 Å². The predicted octanol–water partition coefficient (Wildman–Crippen LogP) is 4.06. The Balaban J connectivity index is 2.25. The van der Waals surface area contributed by atoms with Crippen molar-refractivity contribution in [1.29, 1.82) is 0 Å². The van der Waals surface area contributed by atoms with Gasteiger partial charge in [0.05, 0.1) is 6.61 Å². The Labute approximate surface area is 346 Å². The molecule has 0 aliphatic rings. The van der Waals surface area contributed by atoms with Crippen LogP contribution in [0.15, 0.2) is 54.6 Å². The van der Waals surface area contributed by atoms with Gasteiger partial charge in [-0.25, -0.2) is 0 Å². The van der Waals surface area contributed by atoms with E-state index in [4.69, 9.17) is 0 Å². The van der Waals surface area contributed by atoms with E-state index in [-0.39, 0.29) is 36.4 Å². The molecule has 0 spiro atoms. The number of ketones is 1. The smallest absolute Gasteiger partial charge is 0.251 e. The highest BCUT2D eigenvalue weighted by atomic mass is 16.3. The number of carbonyl (C=O) groups is 6. The summed E-state index contributed by atoms with van der Waals surface area (Å²) in [4.78, 5) is 83.2. The number of hydrogen-bond acceptors (Lipinski definition) is 8. The Kier molecular flexibility index (Phi) is 20.8. The van der Waals surface area contributed by atoms with Gasteiger partial charge in [0, 0.05) is 17.9 Å². The molecule has 0 heterocycles. The van der Waals surface area contributed by atoms with E-state index in [9.17, 15) is 33.9 Å². The van der Waals surface area contributed by atoms with Crippen LogP contribution in [0.1, 0.15) is 116 Å². The minimum atomic E-state index is -1.12. The monoisotopic (exact) mass is 807 g/mol. The average Bonchev–Trinajstić information content (AvgIpc) is 3.18. The van der Waals surface area contributed by atoms with E-state index >= 15 is 0 Å². The third-order valence-electron chi connectivity index (χ3n) is 10.2. The second-order valence-electron chi connectivity index (χ2n) is 16.8. The topological polar surface area (TPSA) is 186 Å². The van der Waals surface area contributed by atoms with E-state index in [0.29, 0.717) is 12.0 Å². The molecule has 6 N–H and O–H groups in total. The molecule has 0 aliphatic carbocycles. The van der Waals surface area contributed by atoms with Crippen LogP contribution in [0.2, 0.25) is 0 Å². The second-order valence-corrected chi connectivity index (χ2v) is 16.8. The van der Waals surface area contributed by atoms with Crippen molar-refractivity contribution in [3.63, 3.8) is 0 Å². The van der Waals surface area contributed by atoms with E-state index < -0.39 is 72.3 Å². The molecule has 2 aromatic rings. The highest BCUT2D eigenvalue weighted by Gasteiger charge is 2.32. The number of hydrogen-bond donors (Lipinski definition) is 6. The molecule has 2 aromatic carbocycles. The Bertz CT molecular complexity index is 1620. The van der Waals surface area contributed by atoms with Gasteiger partial charge < -0.3 is 36.6 Å². The molecule has 0 radical (unpaired) electrons. The third-order valence-corrected chi connectivity index (χ3v) is 10.2. The van der Waals surface area contributed by atoms with E-state index in [1.807, 2.05) is 56.3 Å². The molecule has 0 aliphatic heterocycles. The maximum atomic E-state index is 13.9. The summed E-state index contributed by atoms with van der Waals surface area (Å²) in [5.74, 6) is -3.62. The van der Waals surface area contributed by atoms with Gasteiger partial charge in [-0.3, -0.25) is 28.8 Å². The standard InChI is InChI=1S/C45H70N6O7/c1-11-51(12-2)25-17-16-20-35(42(56)50-38(28-52)39(53)30(5)6)47-44(58)36(26-29(3)4)48-40(54)31(7)46-43(57)37(27-32-18-14-13-15-19-32)49-41(55)33-21-23-34(24-22-33)45(8,9)10/h13-15,18-19,21-24,29-31,35-38,52H,11-12,16-17,20,25-28H2,1-10H3,(H,46,57)(H,47,58)(H,48,54)(H,49,55)(H,50,56)/t31-,35-,36-,37-,38-/m0/s1. The lowest BCUT2D eigenvalue weighted by molar-refractivity contribution is -0.135. The summed E-state index contributed by atoms with van der Waals surface area (Å²) in [6.45, 7) is 21.0. The van der Waals surface area contributed by atoms with Crippen LogP contribution in [-0.4, -0.2) is 102 Å². The molecular formula is C45H70N6O7. The van der Waals surface area contributed by atoms with Crippen molar-refractivity contribution in [2.75, 3.05) is 26.2 Å². The zero-order chi connectivity index (χ0) is 43.6. The minimum Gasteiger partial charge on any atom is -0.394 e. The molecule has 0 unspecified atom stereocenters. The average molecular weight is 807 g/mol. The van der Waals surface area contributed by atoms with Crippen LogP contribution in [0.25, 0.3) is 0 Å². The molecule has 5 amide bonds. The summed E-state index contributed by atoms with van der Waals surface area (Å²) in [5.41, 5.74) is 2.16. The number of aliphatic hydroxyl groups is 1. The number of nitrogens with one attached hydrogen (secondary N) is 5. The van der Waals surface area contributed by atoms with Crippen molar-refractivity contribution in [2.45, 2.75) is 137 Å². The molecule has 13 heteroatoms. The Morgan fingerprint density at radius 2 is 1.21 bits per heavy atom. The zero-order valence-electron chi connectivity index (χ0n) is 36.4. The van der Waals surface area contributed by atoms with Crippen LogP contribution in [-0.2, 0) is 35.8 Å². The van der Waals surface area contributed by atoms with Crippen LogP contribution in [0.3, 0.4) is 0 Å². The number of carbonyl (C=O) groups excluding carboxylic acids is 6. The molecule has 13 nitrogen and oxygen atoms in total. The van der Waals surface area contributed by atoms with Crippen molar-refractivity contribution < 1.29 is 33.9 Å². The maximum Gasteiger partial charge on any atom is 0.251 e. The first-order chi connectivity index (χ1) is 27.3. The van der Waals surface area contributed by atoms with E-state index in [1.54, 1.807) is 26.0 Å². The lowest BCUT2D eigenvalue weighted by Crippen LogP contribution is -2.59. The molecule has 0 saturated heterocycles. The summed E-state index contributed by atoms with van der Waals surface area (Å²) in [5, 5.41) is 23.7. The lowest BCUT2D eigenvalue weighted by atomic mass is 9.86. The summed E-state index contributed by atoms with van der Waals surface area (Å²) < 4.78 is 0. The molecule has 2 rings (SSSR count). The van der Waals surface area contributed by atoms with Crippen LogP contribution >= 0.6 is 0 Å². The first-order valence-corrected chi connectivity index (χ1v) is 20.8. The maximum absolute atomic E-state index is 13.9. The third kappa shape index (κ3) is 16.7. The zero-order valence-corrected chi connectivity index (χ0v) is 36.4. The van der Waals surface area contributed by atoms with Gasteiger partial charge in [-0.2, -0.15) is 0 Å². The van der Waals surface area contributed by atoms with E-state index in [1.165, 1.54) is 6.92 Å². The number of aliphatic hydroxyl groups excluding tert-OH is 1. The lowest BCUT2D eigenvalue weighted by Gasteiger charge is -2.27. The minimum absolute atomic E-state index is 0.0346. The second kappa shape index (κ2) is 24.3. The number of nitrogens with zero attached hydrogens (tertiary/aromatic N) is 1. The molecule has 58 heavy (non-hydrogen) atoms. The van der Waals surface area contributed by atoms with Crippen LogP contribution in [0, 0.1) is 11.8 Å². The van der Waals surface area contributed by atoms with Crippen molar-refractivity contribution in [1.82, 2.24) is 31.5 Å². The van der Waals surface area contributed by atoms with Gasteiger partial charge in [0.1, 0.15) is 30.2 Å². The number of amides is 5. The van der Waals surface area contributed by atoms with Crippen LogP contribution in [0.4, 0.5) is 0 Å². The Morgan fingerprint density at radius 1 is 0.655 bits per heavy atom. The summed E-state index contributed by atoms with van der Waals surface area (Å²) in [7, 11) is 0. The number of unbranched alkanes of at least 4 members (excludes halogenated alkanes) is 1. The van der Waals surface area contributed by atoms with E-state index in [2.05, 4.69) is 66.1 Å². The summed E-state index contributed by atoms with van der Waals surface area (Å²) >= 11 is 0. The highest BCUT2D eigenvalue weighted by Crippen LogP contribution is 2.22. The first kappa shape index (κ1) is 49.5. The van der Waals surface area contributed by atoms with E-state index in [0.717, 1.165) is 37.2 Å². The van der Waals surface area contributed by atoms with Gasteiger partial charge in [-0.05, 0) is 86.8 Å². The molecule has 0 saturated carbocycles. The van der Waals surface area contributed by atoms with Crippen LogP contribution in [0.5, 0.6) is 0 Å². The fourth-order valence-corrected chi connectivity index (χ4v) is 6.45. The number of rotatable bonds is 24. The number of benzene rings is 2. The molecule has 0 fully saturated rings. The van der Waals surface area contributed by atoms with Gasteiger partial charge in [-0.15, -0.1) is 0 Å². The SMILES string of the molecule is CCN(CC)CCCC[C@H](NC(=O)[C@H](CC(C)C)NC(=O)[C@H](C)NC(=O)[C@H](Cc1ccccc1)NC(=O)c1ccc(C(C)(C)C)cc1)C(=O)N[C@@H](CO)C(=O)C(C)C. The largest absolute Gasteiger partial charge is 0.394 e. The Morgan fingerprint density at radius 3 is 1.74 bits per heavy atom. The molecule has 5 atom stereocenters. The molecule has 0 bridgehead atoms. The van der Waals surface area contributed by atoms with Crippen molar-refractivity contribution >= 4 is 35.3 Å². The van der Waals surface area contributed by atoms with Gasteiger partial charge >= 0.3 is 0 Å². The first-order valence-electron chi connectivity index (χ1n) is 20.8. The van der Waals surface area contributed by atoms with Gasteiger partial charge in [0.15, 0.2) is 5.78 Å². The van der Waals surface area contributed by atoms with Gasteiger partial charge in [0.25, 0.3) is 5.91 Å². The summed E-state index contributed by atoms with van der Waals surface area (Å²) in [6, 6.07) is 11.1. The number of Topliss-reactive ketones (excluding diaryl/α,β-unsaturated/α-hetero) is 1. The normalized spacial score (nSPS) is 14.2.